The third kappa shape index (κ3) is 6.00. The smallest absolute Gasteiger partial charge is 0.407 e. The second-order valence-electron chi connectivity index (χ2n) is 9.33. The van der Waals surface area contributed by atoms with Crippen molar-refractivity contribution in [1.82, 2.24) is 10.6 Å². The van der Waals surface area contributed by atoms with Gasteiger partial charge in [-0.25, -0.2) is 9.59 Å². The van der Waals surface area contributed by atoms with Gasteiger partial charge in [0, 0.05) is 38.0 Å². The highest BCUT2D eigenvalue weighted by atomic mass is 16.5. The van der Waals surface area contributed by atoms with Gasteiger partial charge in [-0.15, -0.1) is 0 Å². The van der Waals surface area contributed by atoms with Gasteiger partial charge in [-0.3, -0.25) is 4.79 Å². The highest BCUT2D eigenvalue weighted by Crippen LogP contribution is 2.44. The van der Waals surface area contributed by atoms with Crippen LogP contribution in [0, 0.1) is 11.8 Å². The van der Waals surface area contributed by atoms with Crippen LogP contribution in [0.4, 0.5) is 4.79 Å². The average molecular weight is 481 g/mol. The Morgan fingerprint density at radius 2 is 1.71 bits per heavy atom. The minimum Gasteiger partial charge on any atom is -0.479 e. The maximum absolute atomic E-state index is 12.3. The average Bonchev–Trinajstić information content (AvgIpc) is 3.46. The van der Waals surface area contributed by atoms with E-state index in [1.54, 1.807) is 0 Å². The molecule has 2 aromatic carbocycles. The SMILES string of the molecule is CC(CCC(=O)NC[C@@H]1CCO[C@@H]1C(=O)O)CNC(=O)OCC1c2ccccc2-c2ccccc21. The maximum Gasteiger partial charge on any atom is 0.407 e. The lowest BCUT2D eigenvalue weighted by atomic mass is 9.98. The van der Waals surface area contributed by atoms with Crippen LogP contribution < -0.4 is 10.6 Å². The first-order chi connectivity index (χ1) is 16.9. The van der Waals surface area contributed by atoms with Gasteiger partial charge >= 0.3 is 12.1 Å². The van der Waals surface area contributed by atoms with Gasteiger partial charge in [-0.1, -0.05) is 55.5 Å². The number of rotatable bonds is 10. The van der Waals surface area contributed by atoms with Gasteiger partial charge in [0.1, 0.15) is 6.61 Å². The summed E-state index contributed by atoms with van der Waals surface area (Å²) in [6.45, 7) is 3.32. The number of ether oxygens (including phenoxy) is 2. The lowest BCUT2D eigenvalue weighted by molar-refractivity contribution is -0.149. The fourth-order valence-electron chi connectivity index (χ4n) is 4.84. The van der Waals surface area contributed by atoms with E-state index in [-0.39, 0.29) is 30.3 Å². The number of carbonyl (C=O) groups excluding carboxylic acids is 2. The van der Waals surface area contributed by atoms with Gasteiger partial charge in [0.25, 0.3) is 0 Å². The van der Waals surface area contributed by atoms with Crippen LogP contribution in [0.1, 0.15) is 43.2 Å². The van der Waals surface area contributed by atoms with Gasteiger partial charge in [0.2, 0.25) is 5.91 Å². The molecule has 2 aromatic rings. The van der Waals surface area contributed by atoms with Crippen molar-refractivity contribution in [2.75, 3.05) is 26.3 Å². The summed E-state index contributed by atoms with van der Waals surface area (Å²) < 4.78 is 10.7. The molecule has 1 heterocycles. The molecule has 2 aliphatic rings. The molecule has 1 saturated heterocycles. The molecule has 3 atom stereocenters. The van der Waals surface area contributed by atoms with E-state index >= 15 is 0 Å². The lowest BCUT2D eigenvalue weighted by Gasteiger charge is -2.17. The quantitative estimate of drug-likeness (QED) is 0.479. The van der Waals surface area contributed by atoms with Gasteiger partial charge in [-0.05, 0) is 41.0 Å². The van der Waals surface area contributed by atoms with Crippen molar-refractivity contribution in [3.8, 4) is 11.1 Å². The highest BCUT2D eigenvalue weighted by Gasteiger charge is 2.34. The monoisotopic (exact) mass is 480 g/mol. The molecule has 1 aliphatic heterocycles. The molecule has 4 rings (SSSR count). The molecule has 1 fully saturated rings. The maximum atomic E-state index is 12.3. The summed E-state index contributed by atoms with van der Waals surface area (Å²) >= 11 is 0. The normalized spacial score (nSPS) is 19.5. The summed E-state index contributed by atoms with van der Waals surface area (Å²) in [5, 5.41) is 14.7. The zero-order valence-corrected chi connectivity index (χ0v) is 19.9. The first-order valence-corrected chi connectivity index (χ1v) is 12.1. The predicted molar refractivity (Wildman–Crippen MR) is 130 cm³/mol. The third-order valence-corrected chi connectivity index (χ3v) is 6.82. The van der Waals surface area contributed by atoms with Gasteiger partial charge in [0.15, 0.2) is 6.10 Å². The predicted octanol–water partition coefficient (Wildman–Crippen LogP) is 3.55. The van der Waals surface area contributed by atoms with Gasteiger partial charge in [-0.2, -0.15) is 0 Å². The molecule has 1 unspecified atom stereocenters. The minimum absolute atomic E-state index is 0.0141. The first-order valence-electron chi connectivity index (χ1n) is 12.1. The molecule has 8 nitrogen and oxygen atoms in total. The zero-order chi connectivity index (χ0) is 24.8. The lowest BCUT2D eigenvalue weighted by Crippen LogP contribution is -2.36. The number of carboxylic acids is 1. The molecule has 35 heavy (non-hydrogen) atoms. The number of aliphatic carboxylic acids is 1. The highest BCUT2D eigenvalue weighted by molar-refractivity contribution is 5.79. The number of hydrogen-bond donors (Lipinski definition) is 3. The Balaban J connectivity index is 1.16. The summed E-state index contributed by atoms with van der Waals surface area (Å²) in [5.74, 6) is -1.23. The van der Waals surface area contributed by atoms with Gasteiger partial charge in [0.05, 0.1) is 0 Å². The summed E-state index contributed by atoms with van der Waals surface area (Å²) in [7, 11) is 0. The number of hydrogen-bond acceptors (Lipinski definition) is 5. The van der Waals surface area contributed by atoms with Crippen LogP contribution >= 0.6 is 0 Å². The number of nitrogens with one attached hydrogen (secondary N) is 2. The van der Waals surface area contributed by atoms with E-state index in [9.17, 15) is 14.4 Å². The standard InChI is InChI=1S/C27H32N2O6/c1-17(10-11-24(30)28-15-18-12-13-34-25(18)26(31)32)14-29-27(33)35-16-23-21-8-4-2-6-19(21)20-7-3-5-9-22(20)23/h2-9,17-18,23,25H,10-16H2,1H3,(H,28,30)(H,29,33)(H,31,32)/t17?,18-,25-/m0/s1. The molecular formula is C27H32N2O6. The Labute approximate surface area is 205 Å². The summed E-state index contributed by atoms with van der Waals surface area (Å²) in [6, 6.07) is 16.4. The topological polar surface area (TPSA) is 114 Å². The Bertz CT molecular complexity index is 1030. The van der Waals surface area contributed by atoms with Crippen LogP contribution in [0.15, 0.2) is 48.5 Å². The van der Waals surface area contributed by atoms with Crippen molar-refractivity contribution in [3.05, 3.63) is 59.7 Å². The number of fused-ring (bicyclic) bond motifs is 3. The fourth-order valence-corrected chi connectivity index (χ4v) is 4.84. The second kappa shape index (κ2) is 11.4. The number of alkyl carbamates (subject to hydrolysis) is 1. The Kier molecular flexibility index (Phi) is 8.02. The van der Waals surface area contributed by atoms with Crippen LogP contribution in [0.5, 0.6) is 0 Å². The van der Waals surface area contributed by atoms with E-state index in [4.69, 9.17) is 14.6 Å². The van der Waals surface area contributed by atoms with Crippen molar-refractivity contribution >= 4 is 18.0 Å². The van der Waals surface area contributed by atoms with Crippen LogP contribution in [-0.4, -0.2) is 55.5 Å². The van der Waals surface area contributed by atoms with Crippen molar-refractivity contribution in [2.24, 2.45) is 11.8 Å². The number of carbonyl (C=O) groups is 3. The first kappa shape index (κ1) is 24.7. The summed E-state index contributed by atoms with van der Waals surface area (Å²) in [6.07, 6.45) is 0.204. The molecule has 8 heteroatoms. The van der Waals surface area contributed by atoms with Crippen LogP contribution in [0.25, 0.3) is 11.1 Å². The summed E-state index contributed by atoms with van der Waals surface area (Å²) in [5.41, 5.74) is 4.70. The molecular weight excluding hydrogens is 448 g/mol. The molecule has 1 aliphatic carbocycles. The molecule has 2 amide bonds. The van der Waals surface area contributed by atoms with E-state index < -0.39 is 18.2 Å². The van der Waals surface area contributed by atoms with E-state index in [0.717, 1.165) is 0 Å². The van der Waals surface area contributed by atoms with Gasteiger partial charge < -0.3 is 25.2 Å². The summed E-state index contributed by atoms with van der Waals surface area (Å²) in [4.78, 5) is 35.6. The van der Waals surface area contributed by atoms with E-state index in [1.165, 1.54) is 22.3 Å². The van der Waals surface area contributed by atoms with Crippen LogP contribution in [0.3, 0.4) is 0 Å². The largest absolute Gasteiger partial charge is 0.479 e. The van der Waals surface area contributed by atoms with Crippen molar-refractivity contribution in [2.45, 2.75) is 38.2 Å². The van der Waals surface area contributed by atoms with Crippen molar-refractivity contribution in [1.29, 1.82) is 0 Å². The molecule has 0 aromatic heterocycles. The minimum atomic E-state index is -0.991. The Morgan fingerprint density at radius 3 is 2.37 bits per heavy atom. The molecule has 3 N–H and O–H groups in total. The molecule has 186 valence electrons. The van der Waals surface area contributed by atoms with E-state index in [1.807, 2.05) is 31.2 Å². The third-order valence-electron chi connectivity index (χ3n) is 6.82. The number of carboxylic acid groups (broad SMARTS) is 1. The molecule has 0 bridgehead atoms. The number of amides is 2. The van der Waals surface area contributed by atoms with E-state index in [2.05, 4.69) is 34.9 Å². The number of benzene rings is 2. The Hall–Kier alpha value is -3.39. The molecule has 0 spiro atoms. The second-order valence-corrected chi connectivity index (χ2v) is 9.33. The van der Waals surface area contributed by atoms with Crippen molar-refractivity contribution in [3.63, 3.8) is 0 Å². The fraction of sp³-hybridized carbons (Fsp3) is 0.444. The zero-order valence-electron chi connectivity index (χ0n) is 19.9. The van der Waals surface area contributed by atoms with E-state index in [0.29, 0.717) is 39.0 Å². The Morgan fingerprint density at radius 1 is 1.06 bits per heavy atom. The molecule has 0 saturated carbocycles. The van der Waals surface area contributed by atoms with Crippen LogP contribution in [-0.2, 0) is 19.1 Å². The van der Waals surface area contributed by atoms with Crippen LogP contribution in [0.2, 0.25) is 0 Å². The van der Waals surface area contributed by atoms with Crippen molar-refractivity contribution < 1.29 is 29.0 Å². The molecule has 0 radical (unpaired) electrons.